The zero-order valence-electron chi connectivity index (χ0n) is 8.74. The fourth-order valence-electron chi connectivity index (χ4n) is 2.47. The molecule has 4 N–H and O–H groups in total. The zero-order chi connectivity index (χ0) is 10.9. The molecule has 3 heteroatoms. The van der Waals surface area contributed by atoms with Gasteiger partial charge in [0.2, 0.25) is 0 Å². The quantitative estimate of drug-likeness (QED) is 0.661. The van der Waals surface area contributed by atoms with Crippen molar-refractivity contribution < 1.29 is 10.2 Å². The Morgan fingerprint density at radius 2 is 1.53 bits per heavy atom. The molecule has 0 bridgehead atoms. The number of hydrogen-bond acceptors (Lipinski definition) is 3. The molecular weight excluding hydrogens is 190 g/mol. The van der Waals surface area contributed by atoms with Crippen molar-refractivity contribution >= 4 is 0 Å². The second kappa shape index (κ2) is 3.74. The van der Waals surface area contributed by atoms with Gasteiger partial charge in [-0.25, -0.2) is 0 Å². The van der Waals surface area contributed by atoms with Gasteiger partial charge in [-0.3, -0.25) is 0 Å². The lowest BCUT2D eigenvalue weighted by Gasteiger charge is -2.34. The number of rotatable bonds is 1. The first kappa shape index (κ1) is 10.3. The molecule has 0 saturated heterocycles. The van der Waals surface area contributed by atoms with Crippen molar-refractivity contribution in [2.24, 2.45) is 5.73 Å². The number of benzene rings is 1. The number of nitrogens with two attached hydrogens (primary N) is 1. The summed E-state index contributed by atoms with van der Waals surface area (Å²) in [6.07, 6.45) is 4.97. The summed E-state index contributed by atoms with van der Waals surface area (Å²) >= 11 is 0. The summed E-state index contributed by atoms with van der Waals surface area (Å²) < 4.78 is 0. The highest BCUT2D eigenvalue weighted by Crippen LogP contribution is 2.42. The van der Waals surface area contributed by atoms with Crippen molar-refractivity contribution in [3.8, 4) is 11.5 Å². The standard InChI is InChI=1S/C12H17NO2/c13-12(7-2-1-3-8-12)11-9(14)5-4-6-10(11)15/h4-6,14-15H,1-3,7-8,13H2. The van der Waals surface area contributed by atoms with Crippen molar-refractivity contribution in [3.05, 3.63) is 23.8 Å². The van der Waals surface area contributed by atoms with Crippen molar-refractivity contribution in [3.63, 3.8) is 0 Å². The first-order valence-electron chi connectivity index (χ1n) is 5.44. The number of phenolic OH excluding ortho intramolecular Hbond substituents is 2. The molecule has 0 spiro atoms. The summed E-state index contributed by atoms with van der Waals surface area (Å²) in [5, 5.41) is 19.5. The number of aromatic hydroxyl groups is 2. The van der Waals surface area contributed by atoms with Crippen LogP contribution in [0.2, 0.25) is 0 Å². The molecule has 1 aliphatic rings. The SMILES string of the molecule is NC1(c2c(O)cccc2O)CCCCC1. The molecule has 3 nitrogen and oxygen atoms in total. The molecule has 1 aromatic carbocycles. The Labute approximate surface area is 89.5 Å². The summed E-state index contributed by atoms with van der Waals surface area (Å²) in [6, 6.07) is 4.79. The van der Waals surface area contributed by atoms with Crippen LogP contribution in [0.25, 0.3) is 0 Å². The first-order chi connectivity index (χ1) is 7.13. The molecule has 2 rings (SSSR count). The Morgan fingerprint density at radius 3 is 2.07 bits per heavy atom. The lowest BCUT2D eigenvalue weighted by molar-refractivity contribution is 0.281. The molecule has 0 unspecified atom stereocenters. The van der Waals surface area contributed by atoms with Crippen LogP contribution in [0, 0.1) is 0 Å². The van der Waals surface area contributed by atoms with Crippen molar-refractivity contribution in [1.82, 2.24) is 0 Å². The Kier molecular flexibility index (Phi) is 2.57. The maximum absolute atomic E-state index is 9.77. The Bertz CT molecular complexity index is 336. The van der Waals surface area contributed by atoms with Crippen molar-refractivity contribution in [2.75, 3.05) is 0 Å². The van der Waals surface area contributed by atoms with E-state index >= 15 is 0 Å². The van der Waals surface area contributed by atoms with Gasteiger partial charge < -0.3 is 15.9 Å². The average molecular weight is 207 g/mol. The van der Waals surface area contributed by atoms with E-state index in [0.717, 1.165) is 25.7 Å². The van der Waals surface area contributed by atoms with E-state index in [1.54, 1.807) is 18.2 Å². The minimum absolute atomic E-state index is 0.111. The molecule has 0 aliphatic heterocycles. The molecule has 0 atom stereocenters. The minimum Gasteiger partial charge on any atom is -0.507 e. The van der Waals surface area contributed by atoms with Gasteiger partial charge in [0.15, 0.2) is 0 Å². The topological polar surface area (TPSA) is 66.5 Å². The van der Waals surface area contributed by atoms with Gasteiger partial charge in [-0.15, -0.1) is 0 Å². The van der Waals surface area contributed by atoms with E-state index in [4.69, 9.17) is 5.73 Å². The Morgan fingerprint density at radius 1 is 1.00 bits per heavy atom. The van der Waals surface area contributed by atoms with Crippen molar-refractivity contribution in [2.45, 2.75) is 37.6 Å². The minimum atomic E-state index is -0.548. The van der Waals surface area contributed by atoms with Gasteiger partial charge in [0.05, 0.1) is 5.56 Å². The third-order valence-corrected chi connectivity index (χ3v) is 3.26. The molecule has 82 valence electrons. The van der Waals surface area contributed by atoms with Gasteiger partial charge in [-0.05, 0) is 25.0 Å². The highest BCUT2D eigenvalue weighted by Gasteiger charge is 2.33. The van der Waals surface area contributed by atoms with Crippen LogP contribution in [0.15, 0.2) is 18.2 Å². The van der Waals surface area contributed by atoms with Gasteiger partial charge in [-0.2, -0.15) is 0 Å². The Hall–Kier alpha value is -1.22. The highest BCUT2D eigenvalue weighted by molar-refractivity contribution is 5.47. The lowest BCUT2D eigenvalue weighted by atomic mass is 9.77. The van der Waals surface area contributed by atoms with Crippen LogP contribution in [-0.2, 0) is 5.54 Å². The average Bonchev–Trinajstić information content (AvgIpc) is 2.18. The highest BCUT2D eigenvalue weighted by atomic mass is 16.3. The van der Waals surface area contributed by atoms with E-state index < -0.39 is 5.54 Å². The van der Waals surface area contributed by atoms with Crippen LogP contribution in [0.3, 0.4) is 0 Å². The van der Waals surface area contributed by atoms with Gasteiger partial charge in [0.1, 0.15) is 11.5 Å². The predicted octanol–water partition coefficient (Wildman–Crippen LogP) is 2.22. The van der Waals surface area contributed by atoms with Crippen LogP contribution in [0.5, 0.6) is 11.5 Å². The van der Waals surface area contributed by atoms with E-state index in [0.29, 0.717) is 5.56 Å². The third kappa shape index (κ3) is 1.79. The van der Waals surface area contributed by atoms with Gasteiger partial charge in [0.25, 0.3) is 0 Å². The van der Waals surface area contributed by atoms with Crippen LogP contribution in [0.1, 0.15) is 37.7 Å². The predicted molar refractivity (Wildman–Crippen MR) is 58.7 cm³/mol. The summed E-state index contributed by atoms with van der Waals surface area (Å²) in [5.74, 6) is 0.221. The van der Waals surface area contributed by atoms with Crippen LogP contribution >= 0.6 is 0 Å². The fourth-order valence-corrected chi connectivity index (χ4v) is 2.47. The van der Waals surface area contributed by atoms with Crippen LogP contribution < -0.4 is 5.73 Å². The molecule has 0 radical (unpaired) electrons. The van der Waals surface area contributed by atoms with Gasteiger partial charge in [-0.1, -0.05) is 25.3 Å². The van der Waals surface area contributed by atoms with Crippen LogP contribution in [0.4, 0.5) is 0 Å². The van der Waals surface area contributed by atoms with E-state index in [-0.39, 0.29) is 11.5 Å². The third-order valence-electron chi connectivity index (χ3n) is 3.26. The largest absolute Gasteiger partial charge is 0.507 e. The molecule has 1 saturated carbocycles. The van der Waals surface area contributed by atoms with Gasteiger partial charge >= 0.3 is 0 Å². The Balaban J connectivity index is 2.42. The van der Waals surface area contributed by atoms with Crippen molar-refractivity contribution in [1.29, 1.82) is 0 Å². The van der Waals surface area contributed by atoms with E-state index in [1.165, 1.54) is 6.42 Å². The maximum Gasteiger partial charge on any atom is 0.124 e. The summed E-state index contributed by atoms with van der Waals surface area (Å²) in [6.45, 7) is 0. The molecule has 0 aromatic heterocycles. The number of hydrogen-bond donors (Lipinski definition) is 3. The van der Waals surface area contributed by atoms with Crippen LogP contribution in [-0.4, -0.2) is 10.2 Å². The molecule has 1 fully saturated rings. The second-order valence-electron chi connectivity index (χ2n) is 4.39. The normalized spacial score (nSPS) is 20.1. The number of phenols is 2. The lowest BCUT2D eigenvalue weighted by Crippen LogP contribution is -2.38. The van der Waals surface area contributed by atoms with E-state index in [1.807, 2.05) is 0 Å². The summed E-state index contributed by atoms with van der Waals surface area (Å²) in [5.41, 5.74) is 6.23. The molecule has 0 amide bonds. The van der Waals surface area contributed by atoms with Gasteiger partial charge in [0, 0.05) is 5.54 Å². The fraction of sp³-hybridized carbons (Fsp3) is 0.500. The molecule has 15 heavy (non-hydrogen) atoms. The van der Waals surface area contributed by atoms with E-state index in [2.05, 4.69) is 0 Å². The zero-order valence-corrected chi connectivity index (χ0v) is 8.74. The van der Waals surface area contributed by atoms with E-state index in [9.17, 15) is 10.2 Å². The molecular formula is C12H17NO2. The molecule has 1 aliphatic carbocycles. The second-order valence-corrected chi connectivity index (χ2v) is 4.39. The molecule has 0 heterocycles. The summed E-state index contributed by atoms with van der Waals surface area (Å²) in [4.78, 5) is 0. The first-order valence-corrected chi connectivity index (χ1v) is 5.44. The smallest absolute Gasteiger partial charge is 0.124 e. The monoisotopic (exact) mass is 207 g/mol. The maximum atomic E-state index is 9.77. The summed E-state index contributed by atoms with van der Waals surface area (Å²) in [7, 11) is 0. The molecule has 1 aromatic rings.